The van der Waals surface area contributed by atoms with Gasteiger partial charge in [-0.25, -0.2) is 4.79 Å². The summed E-state index contributed by atoms with van der Waals surface area (Å²) >= 11 is 0. The first-order chi connectivity index (χ1) is 8.11. The lowest BCUT2D eigenvalue weighted by Gasteiger charge is -2.24. The lowest BCUT2D eigenvalue weighted by molar-refractivity contribution is -0.132. The highest BCUT2D eigenvalue weighted by Crippen LogP contribution is 2.24. The number of carboxylic acids is 1. The molecule has 1 aliphatic carbocycles. The fourth-order valence-corrected chi connectivity index (χ4v) is 2.85. The van der Waals surface area contributed by atoms with Gasteiger partial charge in [0, 0.05) is 19.5 Å². The number of likely N-dealkylation sites (tertiary alicyclic amines) is 1. The lowest BCUT2D eigenvalue weighted by Crippen LogP contribution is -2.29. The molecule has 0 aromatic heterocycles. The third kappa shape index (κ3) is 2.26. The van der Waals surface area contributed by atoms with Gasteiger partial charge in [-0.1, -0.05) is 6.08 Å². The van der Waals surface area contributed by atoms with Crippen LogP contribution in [0.2, 0.25) is 0 Å². The number of aliphatic carboxylic acids is 1. The molecule has 92 valence electrons. The SMILES string of the molecule is O=C(O)C1=C(N2CCCC2)C(=S(=O)=O)CC=C1. The summed E-state index contributed by atoms with van der Waals surface area (Å²) < 4.78 is 22.3. The Labute approximate surface area is 101 Å². The van der Waals surface area contributed by atoms with Crippen molar-refractivity contribution >= 4 is 21.1 Å². The molecule has 1 N–H and O–H groups in total. The van der Waals surface area contributed by atoms with Crippen LogP contribution >= 0.6 is 0 Å². The van der Waals surface area contributed by atoms with Crippen LogP contribution in [0.5, 0.6) is 0 Å². The fraction of sp³-hybridized carbons (Fsp3) is 0.455. The van der Waals surface area contributed by atoms with Crippen LogP contribution < -0.4 is 0 Å². The first-order valence-corrected chi connectivity index (χ1v) is 6.53. The van der Waals surface area contributed by atoms with E-state index in [1.54, 1.807) is 6.08 Å². The molecular formula is C11H13NO4S. The third-order valence-electron chi connectivity index (χ3n) is 2.96. The van der Waals surface area contributed by atoms with E-state index < -0.39 is 16.3 Å². The summed E-state index contributed by atoms with van der Waals surface area (Å²) in [6.45, 7) is 1.45. The monoisotopic (exact) mass is 255 g/mol. The van der Waals surface area contributed by atoms with Crippen molar-refractivity contribution < 1.29 is 18.3 Å². The van der Waals surface area contributed by atoms with Crippen LogP contribution in [-0.4, -0.2) is 42.3 Å². The number of hydrogen-bond acceptors (Lipinski definition) is 4. The second kappa shape index (κ2) is 4.75. The highest BCUT2D eigenvalue weighted by molar-refractivity contribution is 7.73. The van der Waals surface area contributed by atoms with E-state index in [2.05, 4.69) is 0 Å². The first kappa shape index (κ1) is 11.9. The van der Waals surface area contributed by atoms with Gasteiger partial charge in [-0.2, -0.15) is 8.42 Å². The average molecular weight is 255 g/mol. The molecule has 0 atom stereocenters. The smallest absolute Gasteiger partial charge is 0.337 e. The zero-order valence-electron chi connectivity index (χ0n) is 9.22. The van der Waals surface area contributed by atoms with Gasteiger partial charge < -0.3 is 10.0 Å². The minimum absolute atomic E-state index is 0.0809. The van der Waals surface area contributed by atoms with Crippen LogP contribution in [0.25, 0.3) is 0 Å². The van der Waals surface area contributed by atoms with Gasteiger partial charge in [0.05, 0.1) is 16.1 Å². The Morgan fingerprint density at radius 3 is 2.47 bits per heavy atom. The molecule has 5 nitrogen and oxygen atoms in total. The van der Waals surface area contributed by atoms with Crippen LogP contribution in [0, 0.1) is 0 Å². The summed E-state index contributed by atoms with van der Waals surface area (Å²) in [5.41, 5.74) is 0.461. The number of carbonyl (C=O) groups is 1. The molecule has 6 heteroatoms. The predicted molar refractivity (Wildman–Crippen MR) is 63.2 cm³/mol. The van der Waals surface area contributed by atoms with Crippen LogP contribution in [0.1, 0.15) is 19.3 Å². The van der Waals surface area contributed by atoms with E-state index in [0.717, 1.165) is 25.9 Å². The molecule has 17 heavy (non-hydrogen) atoms. The Kier molecular flexibility index (Phi) is 3.33. The van der Waals surface area contributed by atoms with E-state index in [4.69, 9.17) is 5.11 Å². The predicted octanol–water partition coefficient (Wildman–Crippen LogP) is 0.432. The molecule has 0 saturated carbocycles. The zero-order chi connectivity index (χ0) is 12.4. The highest BCUT2D eigenvalue weighted by Gasteiger charge is 2.27. The Balaban J connectivity index is 2.58. The van der Waals surface area contributed by atoms with Crippen molar-refractivity contribution in [2.75, 3.05) is 13.1 Å². The minimum atomic E-state index is -2.36. The summed E-state index contributed by atoms with van der Waals surface area (Å²) in [7, 11) is -2.36. The Morgan fingerprint density at radius 1 is 1.29 bits per heavy atom. The summed E-state index contributed by atoms with van der Waals surface area (Å²) in [6, 6.07) is 0. The van der Waals surface area contributed by atoms with E-state index in [9.17, 15) is 13.2 Å². The van der Waals surface area contributed by atoms with Crippen molar-refractivity contribution in [2.45, 2.75) is 19.3 Å². The maximum absolute atomic E-state index is 11.2. The fourth-order valence-electron chi connectivity index (χ4n) is 2.22. The minimum Gasteiger partial charge on any atom is -0.478 e. The number of hydrogen-bond donors (Lipinski definition) is 1. The topological polar surface area (TPSA) is 74.7 Å². The number of carboxylic acid groups (broad SMARTS) is 1. The van der Waals surface area contributed by atoms with Crippen LogP contribution in [-0.2, 0) is 15.1 Å². The van der Waals surface area contributed by atoms with Gasteiger partial charge >= 0.3 is 5.97 Å². The summed E-state index contributed by atoms with van der Waals surface area (Å²) in [4.78, 5) is 13.2. The lowest BCUT2D eigenvalue weighted by atomic mass is 10.0. The molecule has 1 heterocycles. The quantitative estimate of drug-likeness (QED) is 0.724. The van der Waals surface area contributed by atoms with Crippen molar-refractivity contribution in [1.82, 2.24) is 4.90 Å². The molecule has 0 aromatic carbocycles. The van der Waals surface area contributed by atoms with Crippen LogP contribution in [0.15, 0.2) is 23.4 Å². The number of allylic oxidation sites excluding steroid dienone is 2. The van der Waals surface area contributed by atoms with Crippen molar-refractivity contribution in [3.05, 3.63) is 23.4 Å². The maximum Gasteiger partial charge on any atom is 0.337 e. The molecule has 0 unspecified atom stereocenters. The molecule has 2 rings (SSSR count). The maximum atomic E-state index is 11.2. The number of rotatable bonds is 2. The van der Waals surface area contributed by atoms with Crippen LogP contribution in [0.3, 0.4) is 0 Å². The molecule has 1 saturated heterocycles. The van der Waals surface area contributed by atoms with Gasteiger partial charge in [-0.15, -0.1) is 0 Å². The molecular weight excluding hydrogens is 242 g/mol. The third-order valence-corrected chi connectivity index (χ3v) is 3.72. The summed E-state index contributed by atoms with van der Waals surface area (Å²) in [6.07, 6.45) is 5.29. The molecule has 0 spiro atoms. The molecule has 2 aliphatic rings. The molecule has 1 fully saturated rings. The van der Waals surface area contributed by atoms with E-state index in [-0.39, 0.29) is 16.9 Å². The average Bonchev–Trinajstić information content (AvgIpc) is 2.80. The first-order valence-electron chi connectivity index (χ1n) is 5.46. The van der Waals surface area contributed by atoms with E-state index in [1.807, 2.05) is 4.90 Å². The largest absolute Gasteiger partial charge is 0.478 e. The van der Waals surface area contributed by atoms with Crippen molar-refractivity contribution in [3.8, 4) is 0 Å². The molecule has 0 aromatic rings. The zero-order valence-corrected chi connectivity index (χ0v) is 10.0. The van der Waals surface area contributed by atoms with E-state index in [0.29, 0.717) is 5.70 Å². The van der Waals surface area contributed by atoms with Crippen molar-refractivity contribution in [2.24, 2.45) is 0 Å². The standard InChI is InChI=1S/C11H13NO4S/c13-11(14)8-4-3-5-9(17(15)16)10(8)12-6-1-2-7-12/h3-4H,1-2,5-7H2,(H,13,14). The molecule has 0 radical (unpaired) electrons. The van der Waals surface area contributed by atoms with Gasteiger partial charge in [-0.3, -0.25) is 0 Å². The second-order valence-electron chi connectivity index (χ2n) is 4.03. The van der Waals surface area contributed by atoms with Gasteiger partial charge in [0.25, 0.3) is 0 Å². The Hall–Kier alpha value is -1.56. The normalized spacial score (nSPS) is 20.0. The van der Waals surface area contributed by atoms with Gasteiger partial charge in [-0.05, 0) is 18.9 Å². The van der Waals surface area contributed by atoms with Gasteiger partial charge in [0.1, 0.15) is 0 Å². The molecule has 0 amide bonds. The summed E-state index contributed by atoms with van der Waals surface area (Å²) in [5.74, 6) is -1.08. The van der Waals surface area contributed by atoms with E-state index in [1.165, 1.54) is 6.08 Å². The molecule has 0 bridgehead atoms. The highest BCUT2D eigenvalue weighted by atomic mass is 32.2. The van der Waals surface area contributed by atoms with Crippen molar-refractivity contribution in [1.29, 1.82) is 0 Å². The van der Waals surface area contributed by atoms with E-state index >= 15 is 0 Å². The van der Waals surface area contributed by atoms with Gasteiger partial charge in [0.15, 0.2) is 0 Å². The molecule has 1 aliphatic heterocycles. The van der Waals surface area contributed by atoms with Gasteiger partial charge in [0.2, 0.25) is 10.3 Å². The second-order valence-corrected chi connectivity index (χ2v) is 4.99. The van der Waals surface area contributed by atoms with Crippen molar-refractivity contribution in [3.63, 3.8) is 0 Å². The van der Waals surface area contributed by atoms with Crippen LogP contribution in [0.4, 0.5) is 0 Å². The Bertz CT molecular complexity index is 528. The number of nitrogens with zero attached hydrogens (tertiary/aromatic N) is 1. The summed E-state index contributed by atoms with van der Waals surface area (Å²) in [5, 5.41) is 9.12. The Morgan fingerprint density at radius 2 is 1.94 bits per heavy atom.